The molecule has 1 aromatic heterocycles. The lowest BCUT2D eigenvalue weighted by atomic mass is 10.2. The molecule has 2 amide bonds. The summed E-state index contributed by atoms with van der Waals surface area (Å²) < 4.78 is 19.6. The molecular weight excluding hydrogens is 299 g/mol. The SMILES string of the molecule is O=C(Nc1ccccc1)Nc1c[n+](Cc2cccc(F)c2)no1. The molecule has 0 aliphatic rings. The van der Waals surface area contributed by atoms with Gasteiger partial charge in [-0.15, -0.1) is 0 Å². The maximum atomic E-state index is 13.1. The van der Waals surface area contributed by atoms with E-state index in [1.807, 2.05) is 18.2 Å². The van der Waals surface area contributed by atoms with Crippen LogP contribution in [0.5, 0.6) is 0 Å². The first-order valence-electron chi connectivity index (χ1n) is 6.93. The smallest absolute Gasteiger partial charge is 0.308 e. The molecule has 2 N–H and O–H groups in total. The number of benzene rings is 2. The van der Waals surface area contributed by atoms with Gasteiger partial charge in [-0.3, -0.25) is 9.84 Å². The van der Waals surface area contributed by atoms with E-state index in [1.165, 1.54) is 23.0 Å². The predicted molar refractivity (Wildman–Crippen MR) is 81.3 cm³/mol. The van der Waals surface area contributed by atoms with E-state index in [0.717, 1.165) is 5.56 Å². The van der Waals surface area contributed by atoms with E-state index in [-0.39, 0.29) is 11.7 Å². The number of halogens is 1. The first-order chi connectivity index (χ1) is 11.2. The number of carbonyl (C=O) groups excluding carboxylic acids is 1. The fourth-order valence-electron chi connectivity index (χ4n) is 2.03. The molecule has 2 aromatic carbocycles. The van der Waals surface area contributed by atoms with Crippen LogP contribution in [0.2, 0.25) is 0 Å². The number of hydrogen-bond acceptors (Lipinski definition) is 3. The van der Waals surface area contributed by atoms with Crippen molar-refractivity contribution in [3.05, 3.63) is 72.2 Å². The molecule has 7 heteroatoms. The zero-order chi connectivity index (χ0) is 16.1. The van der Waals surface area contributed by atoms with Crippen molar-refractivity contribution in [1.82, 2.24) is 5.27 Å². The standard InChI is InChI=1S/C16H13FN4O2/c17-13-6-4-5-12(9-13)10-21-11-15(23-20-21)19-16(22)18-14-7-2-1-3-8-14/h1-9,11H,10H2,(H-,18,19,20,22)/p+1. The number of para-hydroxylation sites is 1. The average Bonchev–Trinajstić information content (AvgIpc) is 2.95. The first kappa shape index (κ1) is 14.7. The van der Waals surface area contributed by atoms with E-state index in [4.69, 9.17) is 4.52 Å². The molecule has 0 aliphatic carbocycles. The summed E-state index contributed by atoms with van der Waals surface area (Å²) in [5.74, 6) is -0.123. The Kier molecular flexibility index (Phi) is 4.28. The highest BCUT2D eigenvalue weighted by Gasteiger charge is 2.14. The van der Waals surface area contributed by atoms with Gasteiger partial charge in [0.25, 0.3) is 6.20 Å². The number of nitrogens with zero attached hydrogens (tertiary/aromatic N) is 2. The molecule has 0 saturated heterocycles. The summed E-state index contributed by atoms with van der Waals surface area (Å²) >= 11 is 0. The Balaban J connectivity index is 1.60. The Morgan fingerprint density at radius 3 is 2.74 bits per heavy atom. The van der Waals surface area contributed by atoms with Gasteiger partial charge in [-0.1, -0.05) is 30.3 Å². The number of urea groups is 1. The van der Waals surface area contributed by atoms with Crippen molar-refractivity contribution in [1.29, 1.82) is 0 Å². The van der Waals surface area contributed by atoms with E-state index in [0.29, 0.717) is 12.2 Å². The minimum Gasteiger partial charge on any atom is -0.308 e. The molecule has 0 spiro atoms. The lowest BCUT2D eigenvalue weighted by Crippen LogP contribution is -2.35. The summed E-state index contributed by atoms with van der Waals surface area (Å²) in [6.07, 6.45) is 1.52. The molecule has 0 aliphatic heterocycles. The van der Waals surface area contributed by atoms with Crippen molar-refractivity contribution < 1.29 is 18.4 Å². The van der Waals surface area contributed by atoms with E-state index in [2.05, 4.69) is 15.9 Å². The normalized spacial score (nSPS) is 10.3. The zero-order valence-corrected chi connectivity index (χ0v) is 12.1. The van der Waals surface area contributed by atoms with Crippen LogP contribution in [0.15, 0.2) is 65.3 Å². The van der Waals surface area contributed by atoms with E-state index < -0.39 is 6.03 Å². The van der Waals surface area contributed by atoms with Crippen LogP contribution in [0.25, 0.3) is 0 Å². The number of amides is 2. The average molecular weight is 313 g/mol. The van der Waals surface area contributed by atoms with Crippen molar-refractivity contribution in [3.8, 4) is 0 Å². The highest BCUT2D eigenvalue weighted by molar-refractivity contribution is 5.98. The third-order valence-corrected chi connectivity index (χ3v) is 3.01. The Labute approximate surface area is 131 Å². The van der Waals surface area contributed by atoms with Gasteiger partial charge in [0.1, 0.15) is 5.82 Å². The Morgan fingerprint density at radius 2 is 1.96 bits per heavy atom. The highest BCUT2D eigenvalue weighted by atomic mass is 19.1. The van der Waals surface area contributed by atoms with Gasteiger partial charge in [0, 0.05) is 11.3 Å². The first-order valence-corrected chi connectivity index (χ1v) is 6.93. The molecule has 0 atom stereocenters. The number of carbonyl (C=O) groups is 1. The van der Waals surface area contributed by atoms with Crippen LogP contribution in [0.1, 0.15) is 5.56 Å². The lowest BCUT2D eigenvalue weighted by molar-refractivity contribution is -0.754. The minimum absolute atomic E-state index is 0.190. The van der Waals surface area contributed by atoms with Crippen molar-refractivity contribution in [2.45, 2.75) is 6.54 Å². The van der Waals surface area contributed by atoms with Gasteiger partial charge in [0.05, 0.1) is 0 Å². The van der Waals surface area contributed by atoms with Gasteiger partial charge in [-0.2, -0.15) is 0 Å². The van der Waals surface area contributed by atoms with Crippen LogP contribution >= 0.6 is 0 Å². The van der Waals surface area contributed by atoms with Crippen LogP contribution in [-0.4, -0.2) is 11.3 Å². The summed E-state index contributed by atoms with van der Waals surface area (Å²) in [5.41, 5.74) is 1.40. The lowest BCUT2D eigenvalue weighted by Gasteiger charge is -2.02. The molecule has 1 heterocycles. The van der Waals surface area contributed by atoms with Crippen LogP contribution in [0, 0.1) is 5.82 Å². The Bertz CT molecular complexity index is 805. The molecule has 0 fully saturated rings. The fourth-order valence-corrected chi connectivity index (χ4v) is 2.03. The molecule has 116 valence electrons. The third-order valence-electron chi connectivity index (χ3n) is 3.01. The van der Waals surface area contributed by atoms with Crippen molar-refractivity contribution in [3.63, 3.8) is 0 Å². The molecule has 23 heavy (non-hydrogen) atoms. The molecule has 3 rings (SSSR count). The topological polar surface area (TPSA) is 71.0 Å². The minimum atomic E-state index is -0.440. The summed E-state index contributed by atoms with van der Waals surface area (Å²) in [6, 6.07) is 14.8. The zero-order valence-electron chi connectivity index (χ0n) is 12.1. The molecular formula is C16H14FN4O2+. The fraction of sp³-hybridized carbons (Fsp3) is 0.0625. The Morgan fingerprint density at radius 1 is 1.13 bits per heavy atom. The van der Waals surface area contributed by atoms with Crippen molar-refractivity contribution in [2.24, 2.45) is 0 Å². The number of rotatable bonds is 4. The summed E-state index contributed by atoms with van der Waals surface area (Å²) in [7, 11) is 0. The van der Waals surface area contributed by atoms with Gasteiger partial charge in [-0.25, -0.2) is 9.18 Å². The largest absolute Gasteiger partial charge is 0.326 e. The molecule has 6 nitrogen and oxygen atoms in total. The molecule has 0 unspecified atom stereocenters. The number of nitrogens with one attached hydrogen (secondary N) is 2. The van der Waals surface area contributed by atoms with E-state index >= 15 is 0 Å². The number of anilines is 2. The number of aromatic nitrogens is 2. The molecule has 0 bridgehead atoms. The van der Waals surface area contributed by atoms with Gasteiger partial charge >= 0.3 is 11.9 Å². The second-order valence-corrected chi connectivity index (χ2v) is 4.84. The summed E-state index contributed by atoms with van der Waals surface area (Å²) in [4.78, 5) is 11.8. The molecule has 3 aromatic rings. The second kappa shape index (κ2) is 6.69. The Hall–Kier alpha value is -3.22. The van der Waals surface area contributed by atoms with Crippen molar-refractivity contribution >= 4 is 17.6 Å². The highest BCUT2D eigenvalue weighted by Crippen LogP contribution is 2.08. The monoisotopic (exact) mass is 313 g/mol. The van der Waals surface area contributed by atoms with Crippen LogP contribution in [-0.2, 0) is 6.54 Å². The summed E-state index contributed by atoms with van der Waals surface area (Å²) in [6.45, 7) is 0.337. The molecule has 0 saturated carbocycles. The van der Waals surface area contributed by atoms with E-state index in [9.17, 15) is 9.18 Å². The van der Waals surface area contributed by atoms with Crippen LogP contribution < -0.4 is 15.3 Å². The number of hydrogen-bond donors (Lipinski definition) is 2. The van der Waals surface area contributed by atoms with Gasteiger partial charge in [0.2, 0.25) is 11.8 Å². The van der Waals surface area contributed by atoms with Crippen molar-refractivity contribution in [2.75, 3.05) is 10.6 Å². The maximum Gasteiger partial charge on any atom is 0.326 e. The second-order valence-electron chi connectivity index (χ2n) is 4.84. The van der Waals surface area contributed by atoms with E-state index in [1.54, 1.807) is 24.3 Å². The van der Waals surface area contributed by atoms with Crippen LogP contribution in [0.3, 0.4) is 0 Å². The molecule has 0 radical (unpaired) electrons. The predicted octanol–water partition coefficient (Wildman–Crippen LogP) is 2.79. The van der Waals surface area contributed by atoms with Gasteiger partial charge in [0.15, 0.2) is 0 Å². The maximum absolute atomic E-state index is 13.1. The van der Waals surface area contributed by atoms with Gasteiger partial charge in [-0.05, 0) is 28.9 Å². The van der Waals surface area contributed by atoms with Gasteiger partial charge < -0.3 is 5.32 Å². The quantitative estimate of drug-likeness (QED) is 0.728. The van der Waals surface area contributed by atoms with Crippen LogP contribution in [0.4, 0.5) is 20.8 Å². The third kappa shape index (κ3) is 4.13. The summed E-state index contributed by atoms with van der Waals surface area (Å²) in [5, 5.41) is 8.97.